The molecule has 2 atom stereocenters. The van der Waals surface area contributed by atoms with Crippen LogP contribution in [0, 0.1) is 0 Å². The van der Waals surface area contributed by atoms with Gasteiger partial charge >= 0.3 is 6.18 Å². The average molecular weight is 313 g/mol. The lowest BCUT2D eigenvalue weighted by atomic mass is 10.0. The Bertz CT molecular complexity index is 685. The van der Waals surface area contributed by atoms with Crippen LogP contribution in [0.25, 0.3) is 11.1 Å². The quantitative estimate of drug-likeness (QED) is 0.901. The molecule has 1 aliphatic carbocycles. The Morgan fingerprint density at radius 1 is 1.19 bits per heavy atom. The number of hydrogen-bond acceptors (Lipinski definition) is 2. The molecule has 1 aliphatic rings. The number of nitrogens with two attached hydrogens (primary N) is 1. The molecule has 2 nitrogen and oxygen atoms in total. The van der Waals surface area contributed by atoms with E-state index in [9.17, 15) is 13.2 Å². The van der Waals surface area contributed by atoms with Crippen molar-refractivity contribution in [2.45, 2.75) is 24.6 Å². The van der Waals surface area contributed by atoms with Gasteiger partial charge in [-0.25, -0.2) is 0 Å². The van der Waals surface area contributed by atoms with Gasteiger partial charge < -0.3 is 5.73 Å². The Labute approximate surface area is 124 Å². The first kappa shape index (κ1) is 14.4. The fourth-order valence-corrected chi connectivity index (χ4v) is 2.56. The highest BCUT2D eigenvalue weighted by Crippen LogP contribution is 2.41. The highest BCUT2D eigenvalue weighted by atomic mass is 35.5. The first-order valence-corrected chi connectivity index (χ1v) is 6.81. The van der Waals surface area contributed by atoms with Crippen molar-refractivity contribution in [1.82, 2.24) is 4.98 Å². The van der Waals surface area contributed by atoms with E-state index in [0.717, 1.165) is 24.1 Å². The minimum atomic E-state index is -4.40. The molecule has 1 saturated carbocycles. The number of hydrogen-bond donors (Lipinski definition) is 1. The van der Waals surface area contributed by atoms with Crippen molar-refractivity contribution < 1.29 is 13.2 Å². The van der Waals surface area contributed by atoms with Gasteiger partial charge in [0.15, 0.2) is 0 Å². The van der Waals surface area contributed by atoms with Gasteiger partial charge in [-0.3, -0.25) is 4.98 Å². The molecule has 0 aliphatic heterocycles. The molecule has 3 rings (SSSR count). The Hall–Kier alpha value is -1.59. The zero-order valence-electron chi connectivity index (χ0n) is 10.9. The van der Waals surface area contributed by atoms with Crippen LogP contribution in [0.2, 0.25) is 5.02 Å². The normalized spacial score (nSPS) is 21.4. The van der Waals surface area contributed by atoms with Crippen LogP contribution >= 0.6 is 11.6 Å². The molecule has 6 heteroatoms. The van der Waals surface area contributed by atoms with E-state index in [0.29, 0.717) is 11.1 Å². The molecule has 0 spiro atoms. The summed E-state index contributed by atoms with van der Waals surface area (Å²) in [5.74, 6) is 0.238. The van der Waals surface area contributed by atoms with Gasteiger partial charge in [-0.15, -0.1) is 0 Å². The van der Waals surface area contributed by atoms with Crippen molar-refractivity contribution in [2.24, 2.45) is 5.73 Å². The molecular weight excluding hydrogens is 301 g/mol. The molecular formula is C15H12ClF3N2. The van der Waals surface area contributed by atoms with Crippen LogP contribution in [-0.4, -0.2) is 11.0 Å². The molecule has 110 valence electrons. The summed E-state index contributed by atoms with van der Waals surface area (Å²) in [6.45, 7) is 0. The molecule has 0 saturated heterocycles. The van der Waals surface area contributed by atoms with Gasteiger partial charge in [0.05, 0.1) is 5.56 Å². The fraction of sp³-hybridized carbons (Fsp3) is 0.267. The molecule has 21 heavy (non-hydrogen) atoms. The molecule has 2 aromatic rings. The lowest BCUT2D eigenvalue weighted by Crippen LogP contribution is -2.05. The second kappa shape index (κ2) is 5.00. The summed E-state index contributed by atoms with van der Waals surface area (Å²) in [4.78, 5) is 4.09. The van der Waals surface area contributed by atoms with E-state index in [1.165, 1.54) is 12.3 Å². The number of pyridine rings is 1. The van der Waals surface area contributed by atoms with E-state index < -0.39 is 11.7 Å². The third-order valence-corrected chi connectivity index (χ3v) is 3.96. The summed E-state index contributed by atoms with van der Waals surface area (Å²) >= 11 is 6.04. The van der Waals surface area contributed by atoms with Crippen molar-refractivity contribution in [3.05, 3.63) is 52.8 Å². The first-order chi connectivity index (χ1) is 9.86. The van der Waals surface area contributed by atoms with Gasteiger partial charge in [0.1, 0.15) is 0 Å². The van der Waals surface area contributed by atoms with Crippen molar-refractivity contribution in [2.75, 3.05) is 0 Å². The topological polar surface area (TPSA) is 38.9 Å². The first-order valence-electron chi connectivity index (χ1n) is 6.44. The monoisotopic (exact) mass is 312 g/mol. The second-order valence-corrected chi connectivity index (χ2v) is 5.61. The maximum atomic E-state index is 12.8. The zero-order valence-corrected chi connectivity index (χ0v) is 11.6. The van der Waals surface area contributed by atoms with Crippen LogP contribution in [-0.2, 0) is 6.18 Å². The average Bonchev–Trinajstić information content (AvgIpc) is 3.15. The summed E-state index contributed by atoms with van der Waals surface area (Å²) in [5.41, 5.74) is 6.91. The third kappa shape index (κ3) is 2.89. The van der Waals surface area contributed by atoms with Crippen molar-refractivity contribution in [3.8, 4) is 11.1 Å². The number of benzene rings is 1. The summed E-state index contributed by atoms with van der Waals surface area (Å²) in [6.07, 6.45) is -0.313. The van der Waals surface area contributed by atoms with Gasteiger partial charge in [0, 0.05) is 40.5 Å². The van der Waals surface area contributed by atoms with E-state index in [4.69, 9.17) is 17.3 Å². The SMILES string of the molecule is NC1CC1c1cncc(-c2cc(C(F)(F)F)ccc2Cl)c1. The van der Waals surface area contributed by atoms with E-state index in [2.05, 4.69) is 4.98 Å². The number of alkyl halides is 3. The lowest BCUT2D eigenvalue weighted by Gasteiger charge is -2.11. The van der Waals surface area contributed by atoms with E-state index in [1.807, 2.05) is 6.07 Å². The van der Waals surface area contributed by atoms with E-state index in [1.54, 1.807) is 6.20 Å². The number of rotatable bonds is 2. The Balaban J connectivity index is 2.03. The van der Waals surface area contributed by atoms with Crippen molar-refractivity contribution in [1.29, 1.82) is 0 Å². The summed E-state index contributed by atoms with van der Waals surface area (Å²) in [5, 5.41) is 0.266. The van der Waals surface area contributed by atoms with Crippen LogP contribution in [0.4, 0.5) is 13.2 Å². The minimum Gasteiger partial charge on any atom is -0.327 e. The number of nitrogens with zero attached hydrogens (tertiary/aromatic N) is 1. The predicted octanol–water partition coefficient (Wildman–Crippen LogP) is 4.24. The minimum absolute atomic E-state index is 0.110. The summed E-state index contributed by atoms with van der Waals surface area (Å²) < 4.78 is 38.4. The van der Waals surface area contributed by atoms with Crippen LogP contribution in [0.1, 0.15) is 23.5 Å². The summed E-state index contributed by atoms with van der Waals surface area (Å²) in [6, 6.07) is 5.20. The Morgan fingerprint density at radius 3 is 2.52 bits per heavy atom. The van der Waals surface area contributed by atoms with Gasteiger partial charge in [0.2, 0.25) is 0 Å². The highest BCUT2D eigenvalue weighted by molar-refractivity contribution is 6.33. The molecule has 0 radical (unpaired) electrons. The standard InChI is InChI=1S/C15H12ClF3N2/c16-13-2-1-10(15(17,18)19)4-11(13)8-3-9(7-21-6-8)12-5-14(12)20/h1-4,6-7,12,14H,5,20H2. The lowest BCUT2D eigenvalue weighted by molar-refractivity contribution is -0.137. The van der Waals surface area contributed by atoms with Gasteiger partial charge in [-0.05, 0) is 36.2 Å². The molecule has 2 unspecified atom stereocenters. The maximum absolute atomic E-state index is 12.8. The molecule has 1 aromatic carbocycles. The molecule has 1 heterocycles. The smallest absolute Gasteiger partial charge is 0.327 e. The summed E-state index contributed by atoms with van der Waals surface area (Å²) in [7, 11) is 0. The van der Waals surface area contributed by atoms with Crippen LogP contribution in [0.15, 0.2) is 36.7 Å². The van der Waals surface area contributed by atoms with Gasteiger partial charge in [0.25, 0.3) is 0 Å². The zero-order chi connectivity index (χ0) is 15.2. The molecule has 0 bridgehead atoms. The maximum Gasteiger partial charge on any atom is 0.416 e. The van der Waals surface area contributed by atoms with Crippen molar-refractivity contribution in [3.63, 3.8) is 0 Å². The third-order valence-electron chi connectivity index (χ3n) is 3.63. The van der Waals surface area contributed by atoms with Crippen LogP contribution < -0.4 is 5.73 Å². The molecule has 1 fully saturated rings. The van der Waals surface area contributed by atoms with Crippen LogP contribution in [0.3, 0.4) is 0 Å². The van der Waals surface area contributed by atoms with Gasteiger partial charge in [-0.2, -0.15) is 13.2 Å². The van der Waals surface area contributed by atoms with Crippen molar-refractivity contribution >= 4 is 11.6 Å². The van der Waals surface area contributed by atoms with Gasteiger partial charge in [-0.1, -0.05) is 11.6 Å². The molecule has 0 amide bonds. The van der Waals surface area contributed by atoms with Crippen LogP contribution in [0.5, 0.6) is 0 Å². The Kier molecular flexibility index (Phi) is 3.42. The van der Waals surface area contributed by atoms with E-state index >= 15 is 0 Å². The Morgan fingerprint density at radius 2 is 1.90 bits per heavy atom. The molecule has 1 aromatic heterocycles. The highest BCUT2D eigenvalue weighted by Gasteiger charge is 2.35. The number of halogens is 4. The number of aromatic nitrogens is 1. The van der Waals surface area contributed by atoms with E-state index in [-0.39, 0.29) is 17.0 Å². The predicted molar refractivity (Wildman–Crippen MR) is 75.0 cm³/mol. The largest absolute Gasteiger partial charge is 0.416 e. The fourth-order valence-electron chi connectivity index (χ4n) is 2.33. The molecule has 2 N–H and O–H groups in total. The second-order valence-electron chi connectivity index (χ2n) is 5.21.